The highest BCUT2D eigenvalue weighted by Gasteiger charge is 2.39. The van der Waals surface area contributed by atoms with Crippen molar-refractivity contribution >= 4 is 6.09 Å². The second-order valence-electron chi connectivity index (χ2n) is 6.48. The molecule has 0 bridgehead atoms. The van der Waals surface area contributed by atoms with E-state index in [-0.39, 0.29) is 11.5 Å². The SMILES string of the molecule is Cn1ccnc1C1CCN(C(=O)O)C(C(C)(C)C)C1. The fourth-order valence-electron chi connectivity index (χ4n) is 3.02. The molecule has 19 heavy (non-hydrogen) atoms. The largest absolute Gasteiger partial charge is 0.465 e. The van der Waals surface area contributed by atoms with Crippen molar-refractivity contribution in [1.29, 1.82) is 0 Å². The number of hydrogen-bond acceptors (Lipinski definition) is 2. The Bertz CT molecular complexity index is 462. The topological polar surface area (TPSA) is 58.4 Å². The first kappa shape index (κ1) is 13.9. The van der Waals surface area contributed by atoms with Gasteiger partial charge in [0, 0.05) is 37.9 Å². The summed E-state index contributed by atoms with van der Waals surface area (Å²) in [5.74, 6) is 1.42. The Morgan fingerprint density at radius 3 is 2.63 bits per heavy atom. The van der Waals surface area contributed by atoms with Crippen molar-refractivity contribution in [3.05, 3.63) is 18.2 Å². The third-order valence-electron chi connectivity index (χ3n) is 4.07. The first-order chi connectivity index (χ1) is 8.80. The van der Waals surface area contributed by atoms with E-state index < -0.39 is 6.09 Å². The molecule has 5 heteroatoms. The number of aryl methyl sites for hydroxylation is 1. The van der Waals surface area contributed by atoms with Crippen molar-refractivity contribution in [3.63, 3.8) is 0 Å². The average Bonchev–Trinajstić information content (AvgIpc) is 2.73. The third-order valence-corrected chi connectivity index (χ3v) is 4.07. The molecular weight excluding hydrogens is 242 g/mol. The minimum absolute atomic E-state index is 0.0421. The summed E-state index contributed by atoms with van der Waals surface area (Å²) in [6.07, 6.45) is 4.65. The maximum Gasteiger partial charge on any atom is 0.407 e. The Morgan fingerprint density at radius 2 is 2.16 bits per heavy atom. The van der Waals surface area contributed by atoms with Crippen molar-refractivity contribution in [2.45, 2.75) is 45.6 Å². The van der Waals surface area contributed by atoms with Crippen LogP contribution in [0.5, 0.6) is 0 Å². The quantitative estimate of drug-likeness (QED) is 0.849. The van der Waals surface area contributed by atoms with Crippen LogP contribution >= 0.6 is 0 Å². The number of nitrogens with zero attached hydrogens (tertiary/aromatic N) is 3. The lowest BCUT2D eigenvalue weighted by Crippen LogP contribution is -2.51. The van der Waals surface area contributed by atoms with Gasteiger partial charge in [0.2, 0.25) is 0 Å². The van der Waals surface area contributed by atoms with E-state index in [1.54, 1.807) is 4.90 Å². The van der Waals surface area contributed by atoms with Gasteiger partial charge in [-0.15, -0.1) is 0 Å². The minimum Gasteiger partial charge on any atom is -0.465 e. The van der Waals surface area contributed by atoms with Gasteiger partial charge in [0.25, 0.3) is 0 Å². The molecule has 1 aromatic heterocycles. The van der Waals surface area contributed by atoms with Crippen LogP contribution in [0.4, 0.5) is 4.79 Å². The number of piperidine rings is 1. The van der Waals surface area contributed by atoms with E-state index in [2.05, 4.69) is 25.8 Å². The predicted octanol–water partition coefficient (Wildman–Crippen LogP) is 2.69. The van der Waals surface area contributed by atoms with Gasteiger partial charge in [0.15, 0.2) is 0 Å². The summed E-state index contributed by atoms with van der Waals surface area (Å²) in [5, 5.41) is 9.35. The molecule has 1 aliphatic rings. The summed E-state index contributed by atoms with van der Waals surface area (Å²) in [7, 11) is 2.00. The van der Waals surface area contributed by atoms with Gasteiger partial charge >= 0.3 is 6.09 Å². The number of rotatable bonds is 1. The highest BCUT2D eigenvalue weighted by Crippen LogP contribution is 2.38. The van der Waals surface area contributed by atoms with E-state index in [9.17, 15) is 9.90 Å². The van der Waals surface area contributed by atoms with Crippen molar-refractivity contribution in [1.82, 2.24) is 14.5 Å². The molecule has 1 aromatic rings. The summed E-state index contributed by atoms with van der Waals surface area (Å²) in [6, 6.07) is 0.0421. The molecule has 2 rings (SSSR count). The van der Waals surface area contributed by atoms with Crippen molar-refractivity contribution in [2.24, 2.45) is 12.5 Å². The first-order valence-corrected chi connectivity index (χ1v) is 6.77. The lowest BCUT2D eigenvalue weighted by molar-refractivity contribution is 0.0512. The normalized spacial score (nSPS) is 24.5. The van der Waals surface area contributed by atoms with E-state index in [0.29, 0.717) is 12.5 Å². The molecule has 0 radical (unpaired) electrons. The van der Waals surface area contributed by atoms with Crippen LogP contribution in [0.15, 0.2) is 12.4 Å². The van der Waals surface area contributed by atoms with E-state index in [0.717, 1.165) is 18.7 Å². The standard InChI is InChI=1S/C14H23N3O2/c1-14(2,3)11-9-10(5-7-17(11)13(18)19)12-15-6-8-16(12)4/h6,8,10-11H,5,7,9H2,1-4H3,(H,18,19). The number of imidazole rings is 1. The molecule has 0 aromatic carbocycles. The number of carbonyl (C=O) groups is 1. The van der Waals surface area contributed by atoms with Crippen LogP contribution < -0.4 is 0 Å². The monoisotopic (exact) mass is 265 g/mol. The van der Waals surface area contributed by atoms with Crippen LogP contribution in [0, 0.1) is 5.41 Å². The van der Waals surface area contributed by atoms with Crippen LogP contribution in [-0.2, 0) is 7.05 Å². The Balaban J connectivity index is 2.22. The third kappa shape index (κ3) is 2.74. The van der Waals surface area contributed by atoms with Crippen LogP contribution in [0.1, 0.15) is 45.4 Å². The van der Waals surface area contributed by atoms with Gasteiger partial charge in [-0.25, -0.2) is 9.78 Å². The van der Waals surface area contributed by atoms with Gasteiger partial charge in [0.05, 0.1) is 0 Å². The van der Waals surface area contributed by atoms with Gasteiger partial charge < -0.3 is 14.6 Å². The predicted molar refractivity (Wildman–Crippen MR) is 73.2 cm³/mol. The molecule has 1 aliphatic heterocycles. The lowest BCUT2D eigenvalue weighted by Gasteiger charge is -2.44. The Kier molecular flexibility index (Phi) is 3.56. The summed E-state index contributed by atoms with van der Waals surface area (Å²) in [4.78, 5) is 17.4. The highest BCUT2D eigenvalue weighted by molar-refractivity contribution is 5.65. The van der Waals surface area contributed by atoms with Crippen molar-refractivity contribution in [3.8, 4) is 0 Å². The molecule has 1 amide bonds. The van der Waals surface area contributed by atoms with E-state index >= 15 is 0 Å². The number of aromatic nitrogens is 2. The number of hydrogen-bond donors (Lipinski definition) is 1. The van der Waals surface area contributed by atoms with Gasteiger partial charge in [-0.2, -0.15) is 0 Å². The molecule has 1 N–H and O–H groups in total. The maximum absolute atomic E-state index is 11.4. The number of likely N-dealkylation sites (tertiary alicyclic amines) is 1. The summed E-state index contributed by atoms with van der Waals surface area (Å²) < 4.78 is 2.04. The second kappa shape index (κ2) is 4.87. The van der Waals surface area contributed by atoms with Gasteiger partial charge in [-0.05, 0) is 18.3 Å². The molecule has 0 spiro atoms. The molecule has 1 saturated heterocycles. The lowest BCUT2D eigenvalue weighted by atomic mass is 9.77. The fourth-order valence-corrected chi connectivity index (χ4v) is 3.02. The zero-order valence-corrected chi connectivity index (χ0v) is 12.1. The Morgan fingerprint density at radius 1 is 1.47 bits per heavy atom. The van der Waals surface area contributed by atoms with Crippen LogP contribution in [0.3, 0.4) is 0 Å². The highest BCUT2D eigenvalue weighted by atomic mass is 16.4. The van der Waals surface area contributed by atoms with Crippen LogP contribution in [0.2, 0.25) is 0 Å². The zero-order chi connectivity index (χ0) is 14.2. The molecular formula is C14H23N3O2. The maximum atomic E-state index is 11.4. The molecule has 0 aliphatic carbocycles. The van der Waals surface area contributed by atoms with Gasteiger partial charge in [-0.3, -0.25) is 0 Å². The Hall–Kier alpha value is -1.52. The molecule has 5 nitrogen and oxygen atoms in total. The van der Waals surface area contributed by atoms with Crippen molar-refractivity contribution < 1.29 is 9.90 Å². The molecule has 1 fully saturated rings. The molecule has 106 valence electrons. The summed E-state index contributed by atoms with van der Waals surface area (Å²) in [6.45, 7) is 6.91. The summed E-state index contributed by atoms with van der Waals surface area (Å²) >= 11 is 0. The smallest absolute Gasteiger partial charge is 0.407 e. The van der Waals surface area contributed by atoms with Gasteiger partial charge in [0.1, 0.15) is 5.82 Å². The molecule has 2 unspecified atom stereocenters. The van der Waals surface area contributed by atoms with E-state index in [4.69, 9.17) is 0 Å². The van der Waals surface area contributed by atoms with Gasteiger partial charge in [-0.1, -0.05) is 20.8 Å². The fraction of sp³-hybridized carbons (Fsp3) is 0.714. The molecule has 2 heterocycles. The van der Waals surface area contributed by atoms with Crippen LogP contribution in [0.25, 0.3) is 0 Å². The zero-order valence-electron chi connectivity index (χ0n) is 12.1. The minimum atomic E-state index is -0.807. The number of amides is 1. The molecule has 2 atom stereocenters. The average molecular weight is 265 g/mol. The van der Waals surface area contributed by atoms with Crippen LogP contribution in [-0.4, -0.2) is 38.2 Å². The second-order valence-corrected chi connectivity index (χ2v) is 6.48. The summed E-state index contributed by atoms with van der Waals surface area (Å²) in [5.41, 5.74) is -0.0533. The van der Waals surface area contributed by atoms with Crippen molar-refractivity contribution in [2.75, 3.05) is 6.54 Å². The number of carboxylic acid groups (broad SMARTS) is 1. The molecule has 0 saturated carbocycles. The van der Waals surface area contributed by atoms with E-state index in [1.165, 1.54) is 0 Å². The Labute approximate surface area is 114 Å². The van der Waals surface area contributed by atoms with E-state index in [1.807, 2.05) is 24.0 Å². The first-order valence-electron chi connectivity index (χ1n) is 6.77.